The minimum atomic E-state index is -1.03. The van der Waals surface area contributed by atoms with Gasteiger partial charge in [-0.25, -0.2) is 4.79 Å². The van der Waals surface area contributed by atoms with Crippen molar-refractivity contribution in [1.29, 1.82) is 0 Å². The maximum absolute atomic E-state index is 13.0. The fourth-order valence-corrected chi connectivity index (χ4v) is 2.73. The second-order valence-electron chi connectivity index (χ2n) is 6.72. The molecule has 0 heterocycles. The Labute approximate surface area is 154 Å². The number of aryl methyl sites for hydroxylation is 1. The topological polar surface area (TPSA) is 66.8 Å². The lowest BCUT2D eigenvalue weighted by Crippen LogP contribution is -2.41. The molecule has 0 saturated carbocycles. The van der Waals surface area contributed by atoms with E-state index in [4.69, 9.17) is 9.84 Å². The normalized spacial score (nSPS) is 11.1. The highest BCUT2D eigenvalue weighted by molar-refractivity contribution is 6.00. The van der Waals surface area contributed by atoms with Crippen LogP contribution in [0.15, 0.2) is 48.5 Å². The number of carbonyl (C=O) groups excluding carboxylic acids is 1. The van der Waals surface area contributed by atoms with Crippen LogP contribution in [0.2, 0.25) is 0 Å². The van der Waals surface area contributed by atoms with Crippen molar-refractivity contribution in [3.8, 4) is 5.75 Å². The lowest BCUT2D eigenvalue weighted by Gasteiger charge is -2.30. The van der Waals surface area contributed by atoms with Gasteiger partial charge in [-0.1, -0.05) is 31.2 Å². The Balaban J connectivity index is 2.15. The van der Waals surface area contributed by atoms with Gasteiger partial charge in [0.1, 0.15) is 5.75 Å². The van der Waals surface area contributed by atoms with Gasteiger partial charge in [0.25, 0.3) is 0 Å². The molecular weight excluding hydrogens is 330 g/mol. The standard InChI is InChI=1S/C21H25NO4/c1-5-15-6-8-16(9-7-15)21(2,3)20(25)22(4)17-10-12-18(13-11-17)26-14-19(23)24/h6-13H,5,14H2,1-4H3,(H,23,24). The molecule has 2 aromatic carbocycles. The highest BCUT2D eigenvalue weighted by Crippen LogP contribution is 2.29. The van der Waals surface area contributed by atoms with Gasteiger partial charge in [0.2, 0.25) is 5.91 Å². The lowest BCUT2D eigenvalue weighted by atomic mass is 9.82. The molecule has 2 rings (SSSR count). The summed E-state index contributed by atoms with van der Waals surface area (Å²) in [5, 5.41) is 8.64. The zero-order chi connectivity index (χ0) is 19.3. The third-order valence-electron chi connectivity index (χ3n) is 4.51. The van der Waals surface area contributed by atoms with Crippen molar-refractivity contribution in [1.82, 2.24) is 0 Å². The number of aliphatic carboxylic acids is 1. The van der Waals surface area contributed by atoms with Crippen LogP contribution in [0, 0.1) is 0 Å². The average Bonchev–Trinajstić information content (AvgIpc) is 2.65. The van der Waals surface area contributed by atoms with Crippen molar-refractivity contribution in [3.05, 3.63) is 59.7 Å². The first-order valence-corrected chi connectivity index (χ1v) is 8.58. The second-order valence-corrected chi connectivity index (χ2v) is 6.72. The van der Waals surface area contributed by atoms with Gasteiger partial charge >= 0.3 is 5.97 Å². The summed E-state index contributed by atoms with van der Waals surface area (Å²) in [4.78, 5) is 25.2. The molecule has 0 atom stereocenters. The zero-order valence-corrected chi connectivity index (χ0v) is 15.7. The van der Waals surface area contributed by atoms with Crippen molar-refractivity contribution in [3.63, 3.8) is 0 Å². The number of likely N-dealkylation sites (N-methyl/N-ethyl adjacent to an activating group) is 1. The van der Waals surface area contributed by atoms with Gasteiger partial charge in [0.05, 0.1) is 5.41 Å². The number of nitrogens with zero attached hydrogens (tertiary/aromatic N) is 1. The Morgan fingerprint density at radius 3 is 2.12 bits per heavy atom. The fourth-order valence-electron chi connectivity index (χ4n) is 2.73. The number of carbonyl (C=O) groups is 2. The van der Waals surface area contributed by atoms with Crippen LogP contribution in [0.1, 0.15) is 31.9 Å². The number of ether oxygens (including phenoxy) is 1. The molecule has 138 valence electrons. The van der Waals surface area contributed by atoms with Crippen molar-refractivity contribution < 1.29 is 19.4 Å². The van der Waals surface area contributed by atoms with Gasteiger partial charge in [-0.2, -0.15) is 0 Å². The van der Waals surface area contributed by atoms with Crippen LogP contribution in [-0.4, -0.2) is 30.6 Å². The molecule has 5 nitrogen and oxygen atoms in total. The quantitative estimate of drug-likeness (QED) is 0.823. The molecule has 1 amide bonds. The lowest BCUT2D eigenvalue weighted by molar-refractivity contribution is -0.139. The molecular formula is C21H25NO4. The van der Waals surface area contributed by atoms with Crippen LogP contribution in [0.3, 0.4) is 0 Å². The summed E-state index contributed by atoms with van der Waals surface area (Å²) >= 11 is 0. The molecule has 0 aliphatic carbocycles. The highest BCUT2D eigenvalue weighted by Gasteiger charge is 2.32. The maximum atomic E-state index is 13.0. The summed E-state index contributed by atoms with van der Waals surface area (Å²) in [6.45, 7) is 5.53. The molecule has 0 aromatic heterocycles. The van der Waals surface area contributed by atoms with Crippen molar-refractivity contribution in [2.75, 3.05) is 18.6 Å². The summed E-state index contributed by atoms with van der Waals surface area (Å²) in [5.74, 6) is -0.607. The number of benzene rings is 2. The van der Waals surface area contributed by atoms with Crippen molar-refractivity contribution >= 4 is 17.6 Å². The third kappa shape index (κ3) is 4.42. The Bertz CT molecular complexity index is 764. The van der Waals surface area contributed by atoms with E-state index in [-0.39, 0.29) is 5.91 Å². The number of carboxylic acids is 1. The highest BCUT2D eigenvalue weighted by atomic mass is 16.5. The van der Waals surface area contributed by atoms with E-state index >= 15 is 0 Å². The van der Waals surface area contributed by atoms with Crippen LogP contribution in [-0.2, 0) is 21.4 Å². The molecule has 26 heavy (non-hydrogen) atoms. The van der Waals surface area contributed by atoms with E-state index in [9.17, 15) is 9.59 Å². The number of carboxylic acid groups (broad SMARTS) is 1. The van der Waals surface area contributed by atoms with Crippen LogP contribution in [0.5, 0.6) is 5.75 Å². The van der Waals surface area contributed by atoms with Gasteiger partial charge in [-0.3, -0.25) is 4.79 Å². The third-order valence-corrected chi connectivity index (χ3v) is 4.51. The van der Waals surface area contributed by atoms with E-state index < -0.39 is 18.0 Å². The Morgan fingerprint density at radius 1 is 1.04 bits per heavy atom. The number of hydrogen-bond donors (Lipinski definition) is 1. The zero-order valence-electron chi connectivity index (χ0n) is 15.7. The number of anilines is 1. The molecule has 0 aliphatic rings. The van der Waals surface area contributed by atoms with Gasteiger partial charge in [-0.05, 0) is 55.7 Å². The summed E-state index contributed by atoms with van der Waals surface area (Å²) in [7, 11) is 1.73. The molecule has 5 heteroatoms. The molecule has 0 spiro atoms. The maximum Gasteiger partial charge on any atom is 0.341 e. The number of amides is 1. The molecule has 0 fully saturated rings. The summed E-state index contributed by atoms with van der Waals surface area (Å²) in [6.07, 6.45) is 0.963. The van der Waals surface area contributed by atoms with Crippen molar-refractivity contribution in [2.45, 2.75) is 32.6 Å². The van der Waals surface area contributed by atoms with Gasteiger partial charge in [0.15, 0.2) is 6.61 Å². The molecule has 0 saturated heterocycles. The monoisotopic (exact) mass is 355 g/mol. The van der Waals surface area contributed by atoms with E-state index in [0.29, 0.717) is 5.75 Å². The average molecular weight is 355 g/mol. The minimum Gasteiger partial charge on any atom is -0.482 e. The van der Waals surface area contributed by atoms with Gasteiger partial charge in [-0.15, -0.1) is 0 Å². The van der Waals surface area contributed by atoms with Crippen LogP contribution >= 0.6 is 0 Å². The molecule has 0 bridgehead atoms. The predicted octanol–water partition coefficient (Wildman–Crippen LogP) is 3.65. The van der Waals surface area contributed by atoms with E-state index in [0.717, 1.165) is 17.7 Å². The van der Waals surface area contributed by atoms with Crippen LogP contribution < -0.4 is 9.64 Å². The van der Waals surface area contributed by atoms with Gasteiger partial charge < -0.3 is 14.7 Å². The largest absolute Gasteiger partial charge is 0.482 e. The Kier molecular flexibility index (Phi) is 6.03. The van der Waals surface area contributed by atoms with E-state index in [1.165, 1.54) is 5.56 Å². The predicted molar refractivity (Wildman–Crippen MR) is 102 cm³/mol. The number of hydrogen-bond acceptors (Lipinski definition) is 3. The van der Waals surface area contributed by atoms with E-state index in [1.54, 1.807) is 36.2 Å². The van der Waals surface area contributed by atoms with Crippen LogP contribution in [0.25, 0.3) is 0 Å². The summed E-state index contributed by atoms with van der Waals surface area (Å²) < 4.78 is 5.12. The Hall–Kier alpha value is -2.82. The smallest absolute Gasteiger partial charge is 0.341 e. The number of rotatable bonds is 7. The van der Waals surface area contributed by atoms with E-state index in [1.807, 2.05) is 26.0 Å². The molecule has 1 N–H and O–H groups in total. The first-order valence-electron chi connectivity index (χ1n) is 8.58. The molecule has 0 unspecified atom stereocenters. The second kappa shape index (κ2) is 8.04. The summed E-state index contributed by atoms with van der Waals surface area (Å²) in [6, 6.07) is 14.9. The fraction of sp³-hybridized carbons (Fsp3) is 0.333. The SMILES string of the molecule is CCc1ccc(C(C)(C)C(=O)N(C)c2ccc(OCC(=O)O)cc2)cc1. The first-order chi connectivity index (χ1) is 12.3. The molecule has 0 aliphatic heterocycles. The van der Waals surface area contributed by atoms with Crippen molar-refractivity contribution in [2.24, 2.45) is 0 Å². The van der Waals surface area contributed by atoms with Crippen LogP contribution in [0.4, 0.5) is 5.69 Å². The van der Waals surface area contributed by atoms with Gasteiger partial charge in [0, 0.05) is 12.7 Å². The first kappa shape index (κ1) is 19.5. The van der Waals surface area contributed by atoms with E-state index in [2.05, 4.69) is 19.1 Å². The molecule has 0 radical (unpaired) electrons. The summed E-state index contributed by atoms with van der Waals surface area (Å²) in [5.41, 5.74) is 2.26. The minimum absolute atomic E-state index is 0.0269. The Morgan fingerprint density at radius 2 is 1.62 bits per heavy atom. The molecule has 2 aromatic rings.